The molecule has 4 aliphatic carbocycles. The normalized spacial score (nSPS) is 25.5. The van der Waals surface area contributed by atoms with Crippen molar-refractivity contribution in [1.82, 2.24) is 9.80 Å². The molecule has 0 amide bonds. The molecule has 51 heavy (non-hydrogen) atoms. The van der Waals surface area contributed by atoms with Crippen LogP contribution in [0.15, 0.2) is 54.1 Å². The summed E-state index contributed by atoms with van der Waals surface area (Å²) in [7, 11) is 0. The largest absolute Gasteiger partial charge is 0.494 e. The van der Waals surface area contributed by atoms with Gasteiger partial charge < -0.3 is 19.3 Å². The van der Waals surface area contributed by atoms with E-state index in [1.54, 1.807) is 5.57 Å². The highest BCUT2D eigenvalue weighted by atomic mass is 16.5. The Morgan fingerprint density at radius 3 is 1.25 bits per heavy atom. The molecule has 6 aliphatic rings. The molecule has 0 N–H and O–H groups in total. The number of rotatable bonds is 18. The molecule has 4 saturated carbocycles. The summed E-state index contributed by atoms with van der Waals surface area (Å²) in [5.74, 6) is 5.50. The number of hydrogen-bond donors (Lipinski definition) is 0. The molecule has 0 spiro atoms. The lowest BCUT2D eigenvalue weighted by Crippen LogP contribution is -2.40. The lowest BCUT2D eigenvalue weighted by molar-refractivity contribution is 0.0705. The summed E-state index contributed by atoms with van der Waals surface area (Å²) in [4.78, 5) is 5.39. The van der Waals surface area contributed by atoms with Crippen LogP contribution in [0.5, 0.6) is 11.5 Å². The molecule has 0 radical (unpaired) electrons. The van der Waals surface area contributed by atoms with E-state index < -0.39 is 0 Å². The van der Waals surface area contributed by atoms with E-state index in [0.717, 1.165) is 61.2 Å². The molecule has 2 aliphatic heterocycles. The fourth-order valence-electron chi connectivity index (χ4n) is 10.7. The first kappa shape index (κ1) is 37.0. The molecule has 0 aromatic heterocycles. The van der Waals surface area contributed by atoms with Crippen molar-refractivity contribution in [3.05, 3.63) is 65.2 Å². The summed E-state index contributed by atoms with van der Waals surface area (Å²) < 4.78 is 12.5. The van der Waals surface area contributed by atoms with Crippen LogP contribution in [0.3, 0.4) is 0 Å². The van der Waals surface area contributed by atoms with Gasteiger partial charge in [-0.2, -0.15) is 0 Å². The van der Waals surface area contributed by atoms with Gasteiger partial charge in [0, 0.05) is 0 Å². The minimum atomic E-state index is 0.766. The minimum absolute atomic E-state index is 0.766. The number of allylic oxidation sites excluding steroid dienone is 1. The molecule has 8 rings (SSSR count). The minimum Gasteiger partial charge on any atom is -0.494 e. The van der Waals surface area contributed by atoms with E-state index >= 15 is 0 Å². The van der Waals surface area contributed by atoms with Gasteiger partial charge in [-0.1, -0.05) is 81.2 Å². The van der Waals surface area contributed by atoms with Crippen molar-refractivity contribution in [2.75, 3.05) is 52.5 Å². The molecule has 2 saturated heterocycles. The van der Waals surface area contributed by atoms with Gasteiger partial charge in [-0.15, -0.1) is 0 Å². The van der Waals surface area contributed by atoms with Gasteiger partial charge in [-0.05, 0) is 187 Å². The highest BCUT2D eigenvalue weighted by molar-refractivity contribution is 5.83. The Labute approximate surface area is 311 Å². The zero-order chi connectivity index (χ0) is 34.5. The molecule has 2 aromatic rings. The first-order chi connectivity index (χ1) is 25.3. The first-order valence-corrected chi connectivity index (χ1v) is 21.9. The second kappa shape index (κ2) is 19.7. The Morgan fingerprint density at radius 1 is 0.451 bits per heavy atom. The second-order valence-corrected chi connectivity index (χ2v) is 17.2. The summed E-state index contributed by atoms with van der Waals surface area (Å²) in [6.07, 6.45) is 28.6. The fourth-order valence-corrected chi connectivity index (χ4v) is 10.7. The number of nitrogens with zero attached hydrogens (tertiary/aromatic N) is 2. The number of benzene rings is 2. The average Bonchev–Trinajstić information content (AvgIpc) is 3.58. The van der Waals surface area contributed by atoms with Crippen molar-refractivity contribution in [3.63, 3.8) is 0 Å². The van der Waals surface area contributed by atoms with E-state index in [4.69, 9.17) is 9.47 Å². The molecule has 0 unspecified atom stereocenters. The van der Waals surface area contributed by atoms with Gasteiger partial charge in [0.05, 0.1) is 13.2 Å². The van der Waals surface area contributed by atoms with E-state index in [9.17, 15) is 0 Å². The van der Waals surface area contributed by atoms with Gasteiger partial charge in [0.25, 0.3) is 0 Å². The van der Waals surface area contributed by atoms with Crippen molar-refractivity contribution in [2.24, 2.45) is 23.7 Å². The van der Waals surface area contributed by atoms with E-state index in [2.05, 4.69) is 58.3 Å². The maximum atomic E-state index is 6.27. The third-order valence-corrected chi connectivity index (χ3v) is 13.3. The van der Waals surface area contributed by atoms with Gasteiger partial charge in [-0.25, -0.2) is 0 Å². The van der Waals surface area contributed by atoms with Gasteiger partial charge in [0.1, 0.15) is 11.5 Å². The van der Waals surface area contributed by atoms with E-state index in [1.165, 1.54) is 178 Å². The van der Waals surface area contributed by atoms with Crippen molar-refractivity contribution in [2.45, 2.75) is 135 Å². The highest BCUT2D eigenvalue weighted by Gasteiger charge is 2.46. The molecule has 6 fully saturated rings. The Morgan fingerprint density at radius 2 is 0.843 bits per heavy atom. The third kappa shape index (κ3) is 10.9. The Kier molecular flexibility index (Phi) is 14.3. The van der Waals surface area contributed by atoms with Crippen molar-refractivity contribution >= 4 is 5.57 Å². The van der Waals surface area contributed by atoms with E-state index in [-0.39, 0.29) is 0 Å². The predicted octanol–water partition coefficient (Wildman–Crippen LogP) is 11.6. The number of ether oxygens (including phenoxy) is 2. The summed E-state index contributed by atoms with van der Waals surface area (Å²) >= 11 is 0. The molecule has 4 nitrogen and oxygen atoms in total. The van der Waals surface area contributed by atoms with Gasteiger partial charge in [-0.3, -0.25) is 0 Å². The van der Waals surface area contributed by atoms with Crippen LogP contribution in [0, 0.1) is 23.7 Å². The van der Waals surface area contributed by atoms with Crippen LogP contribution in [-0.2, 0) is 0 Å². The molecule has 0 atom stereocenters. The van der Waals surface area contributed by atoms with Gasteiger partial charge in [0.2, 0.25) is 0 Å². The smallest absolute Gasteiger partial charge is 0.119 e. The zero-order valence-electron chi connectivity index (χ0n) is 32.1. The standard InChI is InChI=1S/C47H70N2O2/c1-2-10-26-48(25-9-1)29-13-5-7-15-31-50-44-21-17-40(18-22-44)46(47-42-34-38-33-39(36-42)37-43(47)35-38)41-19-23-45(24-20-41)51-32-16-8-6-14-30-49-27-11-3-4-12-28-49/h17-24,38-39,42-43H,1-16,25-37H2. The van der Waals surface area contributed by atoms with Crippen LogP contribution >= 0.6 is 0 Å². The predicted molar refractivity (Wildman–Crippen MR) is 214 cm³/mol. The quantitative estimate of drug-likeness (QED) is 0.145. The Bertz CT molecular complexity index is 1210. The molecule has 2 heterocycles. The van der Waals surface area contributed by atoms with E-state index in [0.29, 0.717) is 0 Å². The fraction of sp³-hybridized carbons (Fsp3) is 0.702. The summed E-state index contributed by atoms with van der Waals surface area (Å²) in [5, 5.41) is 0. The van der Waals surface area contributed by atoms with Crippen molar-refractivity contribution < 1.29 is 9.47 Å². The van der Waals surface area contributed by atoms with Crippen molar-refractivity contribution in [3.8, 4) is 11.5 Å². The van der Waals surface area contributed by atoms with Crippen LogP contribution in [0.25, 0.3) is 5.57 Å². The van der Waals surface area contributed by atoms with Crippen LogP contribution in [-0.4, -0.2) is 62.3 Å². The van der Waals surface area contributed by atoms with Gasteiger partial charge >= 0.3 is 0 Å². The molecular weight excluding hydrogens is 625 g/mol. The summed E-state index contributed by atoms with van der Waals surface area (Å²) in [6, 6.07) is 18.3. The maximum absolute atomic E-state index is 6.27. The SMILES string of the molecule is c1cc(C(=C2C3CC4CC(C3)CC2C4)c2ccc(OCCCCCCN3CCCCCC3)cc2)ccc1OCCCCCCN1CCCCCC1. The molecule has 4 heteroatoms. The van der Waals surface area contributed by atoms with Crippen LogP contribution < -0.4 is 9.47 Å². The summed E-state index contributed by atoms with van der Waals surface area (Å²) in [5.41, 5.74) is 6.01. The number of unbranched alkanes of at least 4 members (excludes halogenated alkanes) is 6. The summed E-state index contributed by atoms with van der Waals surface area (Å²) in [6.45, 7) is 9.50. The highest BCUT2D eigenvalue weighted by Crippen LogP contribution is 2.58. The van der Waals surface area contributed by atoms with Gasteiger partial charge in [0.15, 0.2) is 0 Å². The topological polar surface area (TPSA) is 24.9 Å². The van der Waals surface area contributed by atoms with E-state index in [1.807, 2.05) is 0 Å². The monoisotopic (exact) mass is 695 g/mol. The number of likely N-dealkylation sites (tertiary alicyclic amines) is 2. The first-order valence-electron chi connectivity index (χ1n) is 21.9. The second-order valence-electron chi connectivity index (χ2n) is 17.2. The maximum Gasteiger partial charge on any atom is 0.119 e. The van der Waals surface area contributed by atoms with Crippen molar-refractivity contribution in [1.29, 1.82) is 0 Å². The Balaban J connectivity index is 0.901. The molecular formula is C47H70N2O2. The molecule has 2 aromatic carbocycles. The lowest BCUT2D eigenvalue weighted by Gasteiger charge is -2.52. The average molecular weight is 695 g/mol. The van der Waals surface area contributed by atoms with Crippen LogP contribution in [0.4, 0.5) is 0 Å². The third-order valence-electron chi connectivity index (χ3n) is 13.3. The van der Waals surface area contributed by atoms with Crippen LogP contribution in [0.2, 0.25) is 0 Å². The van der Waals surface area contributed by atoms with Crippen LogP contribution in [0.1, 0.15) is 146 Å². The number of hydrogen-bond acceptors (Lipinski definition) is 4. The lowest BCUT2D eigenvalue weighted by atomic mass is 9.53. The Hall–Kier alpha value is -2.30. The molecule has 4 bridgehead atoms. The zero-order valence-corrected chi connectivity index (χ0v) is 32.1. The molecule has 280 valence electrons.